The summed E-state index contributed by atoms with van der Waals surface area (Å²) in [6.07, 6.45) is 3.50. The predicted octanol–water partition coefficient (Wildman–Crippen LogP) is 2.59. The van der Waals surface area contributed by atoms with Gasteiger partial charge in [0.25, 0.3) is 0 Å². The normalized spacial score (nSPS) is 14.8. The van der Waals surface area contributed by atoms with Crippen LogP contribution in [-0.4, -0.2) is 16.7 Å². The van der Waals surface area contributed by atoms with Crippen molar-refractivity contribution in [2.24, 2.45) is 0 Å². The molecule has 0 unspecified atom stereocenters. The maximum atomic E-state index is 5.06. The Balaban J connectivity index is 1.41. The highest BCUT2D eigenvalue weighted by molar-refractivity contribution is 5.27. The Bertz CT molecular complexity index is 529. The van der Waals surface area contributed by atoms with Gasteiger partial charge < -0.3 is 9.84 Å². The number of aryl methyl sites for hydroxylation is 1. The van der Waals surface area contributed by atoms with Gasteiger partial charge in [0.05, 0.1) is 0 Å². The Morgan fingerprint density at radius 1 is 1.26 bits per heavy atom. The Morgan fingerprint density at radius 3 is 2.68 bits per heavy atom. The lowest BCUT2D eigenvalue weighted by Gasteiger charge is -2.04. The summed E-state index contributed by atoms with van der Waals surface area (Å²) in [6.45, 7) is 3.58. The van der Waals surface area contributed by atoms with Crippen LogP contribution in [0.3, 0.4) is 0 Å². The molecule has 0 radical (unpaired) electrons. The van der Waals surface area contributed by atoms with E-state index in [-0.39, 0.29) is 0 Å². The number of nitrogens with one attached hydrogen (secondary N) is 1. The Hall–Kier alpha value is -1.68. The lowest BCUT2D eigenvalue weighted by Crippen LogP contribution is -2.16. The second kappa shape index (κ2) is 5.53. The van der Waals surface area contributed by atoms with Gasteiger partial charge in [0.2, 0.25) is 5.89 Å². The summed E-state index contributed by atoms with van der Waals surface area (Å²) in [4.78, 5) is 4.18. The summed E-state index contributed by atoms with van der Waals surface area (Å²) in [5.41, 5.74) is 2.82. The highest BCUT2D eigenvalue weighted by Crippen LogP contribution is 2.39. The van der Waals surface area contributed by atoms with Gasteiger partial charge in [-0.3, -0.25) is 0 Å². The number of nitrogens with zero attached hydrogens (tertiary/aromatic N) is 2. The second-order valence-electron chi connectivity index (χ2n) is 5.18. The maximum absolute atomic E-state index is 5.06. The molecule has 0 aliphatic heterocycles. The average molecular weight is 257 g/mol. The van der Waals surface area contributed by atoms with E-state index in [0.717, 1.165) is 25.4 Å². The molecule has 1 N–H and O–H groups in total. The molecule has 2 aromatic rings. The average Bonchev–Trinajstić information content (AvgIpc) is 3.19. The van der Waals surface area contributed by atoms with E-state index in [0.29, 0.717) is 11.7 Å². The van der Waals surface area contributed by atoms with Crippen LogP contribution >= 0.6 is 0 Å². The fourth-order valence-corrected chi connectivity index (χ4v) is 2.19. The van der Waals surface area contributed by atoms with Crippen LogP contribution in [0.5, 0.6) is 0 Å². The zero-order valence-electron chi connectivity index (χ0n) is 11.2. The maximum Gasteiger partial charge on any atom is 0.227 e. The molecule has 100 valence electrons. The fraction of sp³-hybridized carbons (Fsp3) is 0.467. The van der Waals surface area contributed by atoms with Gasteiger partial charge in [-0.25, -0.2) is 0 Å². The first-order chi connectivity index (χ1) is 9.31. The molecule has 0 atom stereocenters. The molecule has 0 spiro atoms. The molecule has 1 fully saturated rings. The molecule has 4 nitrogen and oxygen atoms in total. The molecule has 0 bridgehead atoms. The second-order valence-corrected chi connectivity index (χ2v) is 5.18. The minimum atomic E-state index is 0.700. The van der Waals surface area contributed by atoms with E-state index in [1.165, 1.54) is 24.0 Å². The van der Waals surface area contributed by atoms with E-state index in [2.05, 4.69) is 39.7 Å². The van der Waals surface area contributed by atoms with Crippen molar-refractivity contribution in [2.75, 3.05) is 6.54 Å². The van der Waals surface area contributed by atoms with Gasteiger partial charge in [-0.1, -0.05) is 29.4 Å². The Morgan fingerprint density at radius 2 is 2.05 bits per heavy atom. The van der Waals surface area contributed by atoms with Crippen molar-refractivity contribution in [1.29, 1.82) is 0 Å². The molecule has 1 aromatic heterocycles. The molecule has 1 aromatic carbocycles. The molecule has 0 amide bonds. The van der Waals surface area contributed by atoms with Gasteiger partial charge in [0.15, 0.2) is 5.82 Å². The van der Waals surface area contributed by atoms with Crippen LogP contribution in [0.2, 0.25) is 0 Å². The van der Waals surface area contributed by atoms with Gasteiger partial charge in [0, 0.05) is 19.5 Å². The third-order valence-electron chi connectivity index (χ3n) is 3.44. The number of aromatic nitrogens is 2. The smallest absolute Gasteiger partial charge is 0.227 e. The first-order valence-corrected chi connectivity index (χ1v) is 6.90. The van der Waals surface area contributed by atoms with Crippen LogP contribution in [0, 0.1) is 6.92 Å². The Kier molecular flexibility index (Phi) is 3.60. The van der Waals surface area contributed by atoms with Crippen LogP contribution in [0.25, 0.3) is 0 Å². The molecule has 19 heavy (non-hydrogen) atoms. The highest BCUT2D eigenvalue weighted by atomic mass is 16.5. The van der Waals surface area contributed by atoms with Crippen LogP contribution in [0.15, 0.2) is 28.8 Å². The van der Waals surface area contributed by atoms with Gasteiger partial charge in [-0.15, -0.1) is 0 Å². The highest BCUT2D eigenvalue weighted by Gasteiger charge is 2.22. The summed E-state index contributed by atoms with van der Waals surface area (Å²) in [5.74, 6) is 2.24. The molecule has 1 heterocycles. The van der Waals surface area contributed by atoms with E-state index in [4.69, 9.17) is 4.52 Å². The summed E-state index contributed by atoms with van der Waals surface area (Å²) in [5, 5.41) is 7.17. The summed E-state index contributed by atoms with van der Waals surface area (Å²) < 4.78 is 5.06. The van der Waals surface area contributed by atoms with Gasteiger partial charge in [-0.05, 0) is 36.8 Å². The lowest BCUT2D eigenvalue weighted by molar-refractivity contribution is 0.372. The van der Waals surface area contributed by atoms with E-state index in [1.54, 1.807) is 0 Å². The lowest BCUT2D eigenvalue weighted by atomic mass is 10.1. The third kappa shape index (κ3) is 3.41. The van der Waals surface area contributed by atoms with Crippen molar-refractivity contribution in [3.63, 3.8) is 0 Å². The zero-order valence-corrected chi connectivity index (χ0v) is 11.2. The Labute approximate surface area is 113 Å². The van der Waals surface area contributed by atoms with E-state index >= 15 is 0 Å². The zero-order chi connectivity index (χ0) is 13.1. The monoisotopic (exact) mass is 257 g/mol. The minimum Gasteiger partial charge on any atom is -0.339 e. The van der Waals surface area contributed by atoms with E-state index < -0.39 is 0 Å². The standard InChI is InChI=1S/C15H19N3O/c1-11-17-15(19-18-11)8-9-16-10-12-2-4-13(5-3-12)14-6-7-14/h2-5,14,16H,6-10H2,1H3. The van der Waals surface area contributed by atoms with Crippen LogP contribution < -0.4 is 5.32 Å². The molecular formula is C15H19N3O. The predicted molar refractivity (Wildman–Crippen MR) is 72.9 cm³/mol. The van der Waals surface area contributed by atoms with E-state index in [9.17, 15) is 0 Å². The SMILES string of the molecule is Cc1noc(CCNCc2ccc(C3CC3)cc2)n1. The first kappa shape index (κ1) is 12.4. The fourth-order valence-electron chi connectivity index (χ4n) is 2.19. The number of hydrogen-bond acceptors (Lipinski definition) is 4. The van der Waals surface area contributed by atoms with Crippen molar-refractivity contribution < 1.29 is 4.52 Å². The van der Waals surface area contributed by atoms with Crippen molar-refractivity contribution in [3.8, 4) is 0 Å². The minimum absolute atomic E-state index is 0.700. The van der Waals surface area contributed by atoms with Crippen LogP contribution in [0.4, 0.5) is 0 Å². The molecule has 4 heteroatoms. The summed E-state index contributed by atoms with van der Waals surface area (Å²) in [7, 11) is 0. The summed E-state index contributed by atoms with van der Waals surface area (Å²) >= 11 is 0. The van der Waals surface area contributed by atoms with Crippen molar-refractivity contribution in [3.05, 3.63) is 47.1 Å². The molecular weight excluding hydrogens is 238 g/mol. The number of rotatable bonds is 6. The quantitative estimate of drug-likeness (QED) is 0.808. The van der Waals surface area contributed by atoms with Crippen molar-refractivity contribution in [2.45, 2.75) is 38.6 Å². The molecule has 1 aliphatic carbocycles. The van der Waals surface area contributed by atoms with Gasteiger partial charge >= 0.3 is 0 Å². The molecule has 3 rings (SSSR count). The van der Waals surface area contributed by atoms with E-state index in [1.807, 2.05) is 6.92 Å². The number of hydrogen-bond donors (Lipinski definition) is 1. The van der Waals surface area contributed by atoms with Gasteiger partial charge in [0.1, 0.15) is 0 Å². The van der Waals surface area contributed by atoms with Gasteiger partial charge in [-0.2, -0.15) is 4.98 Å². The van der Waals surface area contributed by atoms with Crippen molar-refractivity contribution in [1.82, 2.24) is 15.5 Å². The topological polar surface area (TPSA) is 51.0 Å². The van der Waals surface area contributed by atoms with Crippen LogP contribution in [0.1, 0.15) is 41.6 Å². The third-order valence-corrected chi connectivity index (χ3v) is 3.44. The molecule has 1 saturated carbocycles. The largest absolute Gasteiger partial charge is 0.339 e. The molecule has 0 saturated heterocycles. The summed E-state index contributed by atoms with van der Waals surface area (Å²) in [6, 6.07) is 8.96. The first-order valence-electron chi connectivity index (χ1n) is 6.90. The number of benzene rings is 1. The molecule has 1 aliphatic rings. The van der Waals surface area contributed by atoms with Crippen molar-refractivity contribution >= 4 is 0 Å². The van der Waals surface area contributed by atoms with Crippen LogP contribution in [-0.2, 0) is 13.0 Å².